The standard InChI is InChI=1S/C14H18ClNO4S/c1-9(11-4-5-11)14(17)16-8-10-3-6-12(20-2)13(7-10)21(15,18)19/h3,6-7,9,11H,4-5,8H2,1-2H3,(H,16,17). The summed E-state index contributed by atoms with van der Waals surface area (Å²) in [6, 6.07) is 4.65. The number of methoxy groups -OCH3 is 1. The highest BCUT2D eigenvalue weighted by molar-refractivity contribution is 8.13. The molecule has 0 aliphatic heterocycles. The Morgan fingerprint density at radius 1 is 1.48 bits per heavy atom. The summed E-state index contributed by atoms with van der Waals surface area (Å²) in [7, 11) is 2.87. The number of carbonyl (C=O) groups is 1. The number of halogens is 1. The van der Waals surface area contributed by atoms with Crippen LogP contribution in [0, 0.1) is 11.8 Å². The van der Waals surface area contributed by atoms with E-state index >= 15 is 0 Å². The summed E-state index contributed by atoms with van der Waals surface area (Å²) in [5.74, 6) is 0.661. The maximum Gasteiger partial charge on any atom is 0.264 e. The van der Waals surface area contributed by atoms with E-state index < -0.39 is 9.05 Å². The van der Waals surface area contributed by atoms with Crippen LogP contribution in [0.25, 0.3) is 0 Å². The van der Waals surface area contributed by atoms with Gasteiger partial charge in [0.15, 0.2) is 0 Å². The Hall–Kier alpha value is -1.27. The molecule has 5 nitrogen and oxygen atoms in total. The van der Waals surface area contributed by atoms with Crippen LogP contribution in [0.4, 0.5) is 0 Å². The second-order valence-electron chi connectivity index (χ2n) is 5.27. The fourth-order valence-corrected chi connectivity index (χ4v) is 3.23. The second kappa shape index (κ2) is 6.23. The third kappa shape index (κ3) is 4.11. The molecule has 0 saturated heterocycles. The molecule has 1 fully saturated rings. The number of carbonyl (C=O) groups excluding carboxylic acids is 1. The van der Waals surface area contributed by atoms with Crippen LogP contribution in [0.2, 0.25) is 0 Å². The van der Waals surface area contributed by atoms with Gasteiger partial charge in [-0.3, -0.25) is 4.79 Å². The van der Waals surface area contributed by atoms with Gasteiger partial charge in [0.05, 0.1) is 7.11 Å². The lowest BCUT2D eigenvalue weighted by atomic mass is 10.1. The normalized spacial score (nSPS) is 16.3. The van der Waals surface area contributed by atoms with Crippen molar-refractivity contribution >= 4 is 25.6 Å². The van der Waals surface area contributed by atoms with E-state index in [-0.39, 0.29) is 29.0 Å². The van der Waals surface area contributed by atoms with E-state index in [0.717, 1.165) is 12.8 Å². The predicted molar refractivity (Wildman–Crippen MR) is 79.8 cm³/mol. The lowest BCUT2D eigenvalue weighted by Gasteiger charge is -2.12. The molecule has 1 aliphatic carbocycles. The Balaban J connectivity index is 2.08. The zero-order valence-electron chi connectivity index (χ0n) is 11.9. The van der Waals surface area contributed by atoms with E-state index in [1.54, 1.807) is 6.07 Å². The average Bonchev–Trinajstić information content (AvgIpc) is 3.27. The molecular weight excluding hydrogens is 314 g/mol. The number of ether oxygens (including phenoxy) is 1. The maximum absolute atomic E-state index is 11.9. The molecule has 0 heterocycles. The van der Waals surface area contributed by atoms with Crippen LogP contribution in [0.5, 0.6) is 5.75 Å². The molecule has 1 saturated carbocycles. The van der Waals surface area contributed by atoms with E-state index in [1.807, 2.05) is 6.92 Å². The molecule has 116 valence electrons. The van der Waals surface area contributed by atoms with Gasteiger partial charge in [0, 0.05) is 23.1 Å². The number of hydrogen-bond donors (Lipinski definition) is 1. The number of nitrogens with one attached hydrogen (secondary N) is 1. The number of rotatable bonds is 6. The molecule has 1 amide bonds. The molecule has 1 aromatic carbocycles. The zero-order chi connectivity index (χ0) is 15.6. The monoisotopic (exact) mass is 331 g/mol. The van der Waals surface area contributed by atoms with Crippen molar-refractivity contribution in [1.82, 2.24) is 5.32 Å². The summed E-state index contributed by atoms with van der Waals surface area (Å²) < 4.78 is 28.0. The summed E-state index contributed by atoms with van der Waals surface area (Å²) in [6.07, 6.45) is 2.21. The van der Waals surface area contributed by atoms with Crippen LogP contribution in [-0.2, 0) is 20.4 Å². The molecule has 21 heavy (non-hydrogen) atoms. The lowest BCUT2D eigenvalue weighted by Crippen LogP contribution is -2.29. The average molecular weight is 332 g/mol. The highest BCUT2D eigenvalue weighted by atomic mass is 35.7. The largest absolute Gasteiger partial charge is 0.495 e. The zero-order valence-corrected chi connectivity index (χ0v) is 13.5. The van der Waals surface area contributed by atoms with Crippen molar-refractivity contribution in [3.05, 3.63) is 23.8 Å². The van der Waals surface area contributed by atoms with Crippen LogP contribution in [-0.4, -0.2) is 21.4 Å². The summed E-state index contributed by atoms with van der Waals surface area (Å²) in [6.45, 7) is 2.18. The highest BCUT2D eigenvalue weighted by Crippen LogP contribution is 2.36. The van der Waals surface area contributed by atoms with Gasteiger partial charge < -0.3 is 10.1 Å². The maximum atomic E-state index is 11.9. The molecule has 0 radical (unpaired) electrons. The summed E-state index contributed by atoms with van der Waals surface area (Å²) in [5, 5.41) is 2.82. The number of amides is 1. The van der Waals surface area contributed by atoms with E-state index in [0.29, 0.717) is 11.5 Å². The van der Waals surface area contributed by atoms with Crippen LogP contribution in [0.1, 0.15) is 25.3 Å². The van der Waals surface area contributed by atoms with Crippen molar-refractivity contribution in [1.29, 1.82) is 0 Å². The smallest absolute Gasteiger partial charge is 0.264 e. The van der Waals surface area contributed by atoms with Crippen LogP contribution < -0.4 is 10.1 Å². The molecular formula is C14H18ClNO4S. The molecule has 1 unspecified atom stereocenters. The molecule has 1 aromatic rings. The van der Waals surface area contributed by atoms with Gasteiger partial charge in [-0.05, 0) is 36.5 Å². The first-order chi connectivity index (χ1) is 9.82. The van der Waals surface area contributed by atoms with Crippen molar-refractivity contribution in [3.8, 4) is 5.75 Å². The summed E-state index contributed by atoms with van der Waals surface area (Å²) in [4.78, 5) is 11.8. The second-order valence-corrected chi connectivity index (χ2v) is 7.80. The molecule has 7 heteroatoms. The van der Waals surface area contributed by atoms with Crippen molar-refractivity contribution < 1.29 is 17.9 Å². The fraction of sp³-hybridized carbons (Fsp3) is 0.500. The van der Waals surface area contributed by atoms with Gasteiger partial charge in [-0.15, -0.1) is 0 Å². The Morgan fingerprint density at radius 3 is 2.67 bits per heavy atom. The van der Waals surface area contributed by atoms with Crippen LogP contribution >= 0.6 is 10.7 Å². The molecule has 0 spiro atoms. The summed E-state index contributed by atoms with van der Waals surface area (Å²) in [5.41, 5.74) is 0.659. The van der Waals surface area contributed by atoms with Crippen LogP contribution in [0.3, 0.4) is 0 Å². The Bertz CT molecular complexity index is 640. The van der Waals surface area contributed by atoms with E-state index in [9.17, 15) is 13.2 Å². The quantitative estimate of drug-likeness (QED) is 0.812. The first-order valence-corrected chi connectivity index (χ1v) is 9.03. The Kier molecular flexibility index (Phi) is 4.78. The van der Waals surface area contributed by atoms with E-state index in [2.05, 4.69) is 5.32 Å². The Morgan fingerprint density at radius 2 is 2.14 bits per heavy atom. The molecule has 1 aliphatic rings. The fourth-order valence-electron chi connectivity index (χ4n) is 2.18. The first kappa shape index (κ1) is 16.1. The molecule has 1 N–H and O–H groups in total. The minimum atomic E-state index is -3.89. The molecule has 0 bridgehead atoms. The third-order valence-electron chi connectivity index (χ3n) is 3.70. The highest BCUT2D eigenvalue weighted by Gasteiger charge is 2.32. The predicted octanol–water partition coefficient (Wildman–Crippen LogP) is 2.29. The minimum absolute atomic E-state index is 0.000483. The minimum Gasteiger partial charge on any atom is -0.495 e. The van der Waals surface area contributed by atoms with E-state index in [1.165, 1.54) is 19.2 Å². The first-order valence-electron chi connectivity index (χ1n) is 6.72. The van der Waals surface area contributed by atoms with Gasteiger partial charge in [-0.1, -0.05) is 13.0 Å². The summed E-state index contributed by atoms with van der Waals surface area (Å²) >= 11 is 0. The topological polar surface area (TPSA) is 72.5 Å². The van der Waals surface area contributed by atoms with Gasteiger partial charge in [0.2, 0.25) is 5.91 Å². The van der Waals surface area contributed by atoms with Gasteiger partial charge in [0.1, 0.15) is 10.6 Å². The van der Waals surface area contributed by atoms with Gasteiger partial charge in [-0.2, -0.15) is 0 Å². The van der Waals surface area contributed by atoms with Crippen molar-refractivity contribution in [2.45, 2.75) is 31.2 Å². The van der Waals surface area contributed by atoms with Crippen molar-refractivity contribution in [3.63, 3.8) is 0 Å². The van der Waals surface area contributed by atoms with E-state index in [4.69, 9.17) is 15.4 Å². The SMILES string of the molecule is COc1ccc(CNC(=O)C(C)C2CC2)cc1S(=O)(=O)Cl. The number of benzene rings is 1. The van der Waals surface area contributed by atoms with Crippen molar-refractivity contribution in [2.75, 3.05) is 7.11 Å². The number of hydrogen-bond acceptors (Lipinski definition) is 4. The molecule has 0 aromatic heterocycles. The van der Waals surface area contributed by atoms with Gasteiger partial charge >= 0.3 is 0 Å². The van der Waals surface area contributed by atoms with Crippen molar-refractivity contribution in [2.24, 2.45) is 11.8 Å². The van der Waals surface area contributed by atoms with Gasteiger partial charge in [-0.25, -0.2) is 8.42 Å². The molecule has 1 atom stereocenters. The third-order valence-corrected chi connectivity index (χ3v) is 5.04. The van der Waals surface area contributed by atoms with Crippen LogP contribution in [0.15, 0.2) is 23.1 Å². The van der Waals surface area contributed by atoms with Gasteiger partial charge in [0.25, 0.3) is 9.05 Å². The molecule has 2 rings (SSSR count). The lowest BCUT2D eigenvalue weighted by molar-refractivity contribution is -0.125. The Labute approximate surface area is 129 Å².